The van der Waals surface area contributed by atoms with Crippen molar-refractivity contribution in [2.75, 3.05) is 19.6 Å². The van der Waals surface area contributed by atoms with Crippen LogP contribution in [0.2, 0.25) is 0 Å². The normalized spacial score (nSPS) is 21.6. The zero-order valence-electron chi connectivity index (χ0n) is 27.4. The van der Waals surface area contributed by atoms with Gasteiger partial charge in [-0.25, -0.2) is 4.79 Å². The van der Waals surface area contributed by atoms with Gasteiger partial charge in [0, 0.05) is 26.2 Å². The maximum Gasteiger partial charge on any atom is 0.490 e. The van der Waals surface area contributed by atoms with E-state index in [-0.39, 0.29) is 31.9 Å². The van der Waals surface area contributed by atoms with Gasteiger partial charge in [0.1, 0.15) is 24.2 Å². The molecule has 3 aliphatic rings. The molecule has 2 bridgehead atoms. The summed E-state index contributed by atoms with van der Waals surface area (Å²) in [7, 11) is 0. The number of piperazine rings is 1. The molecule has 52 heavy (non-hydrogen) atoms. The summed E-state index contributed by atoms with van der Waals surface area (Å²) in [6, 6.07) is 1.67. The third kappa shape index (κ3) is 13.7. The average Bonchev–Trinajstić information content (AvgIpc) is 3.06. The second-order valence-electron chi connectivity index (χ2n) is 11.3. The summed E-state index contributed by atoms with van der Waals surface area (Å²) in [6.45, 7) is -0.701. The molecule has 4 rings (SSSR count). The molecular formula is C29H39F3N10O10. The number of rotatable bonds is 9. The number of alkyl halides is 3. The number of nitrogens with one attached hydrogen (secondary N) is 5. The fourth-order valence-electron chi connectivity index (χ4n) is 4.78. The average molecular weight is 745 g/mol. The monoisotopic (exact) mass is 744 g/mol. The Bertz CT molecular complexity index is 1540. The molecule has 286 valence electrons. The lowest BCUT2D eigenvalue weighted by Crippen LogP contribution is -2.66. The molecule has 0 radical (unpaired) electrons. The van der Waals surface area contributed by atoms with Crippen LogP contribution in [0.25, 0.3) is 0 Å². The van der Waals surface area contributed by atoms with Crippen LogP contribution in [-0.4, -0.2) is 118 Å². The van der Waals surface area contributed by atoms with E-state index in [0.717, 1.165) is 5.56 Å². The summed E-state index contributed by atoms with van der Waals surface area (Å²) >= 11 is 0. The van der Waals surface area contributed by atoms with Gasteiger partial charge >= 0.3 is 18.1 Å². The number of amides is 6. The summed E-state index contributed by atoms with van der Waals surface area (Å²) in [5.74, 6) is -8.93. The first kappa shape index (κ1) is 42.2. The molecule has 23 heteroatoms. The largest absolute Gasteiger partial charge is 0.490 e. The lowest BCUT2D eigenvalue weighted by molar-refractivity contribution is -0.192. The highest BCUT2D eigenvalue weighted by atomic mass is 19.4. The van der Waals surface area contributed by atoms with Crippen molar-refractivity contribution in [1.82, 2.24) is 31.5 Å². The number of nitrogens with two attached hydrogens (primary N) is 3. The Hall–Kier alpha value is -6.00. The first-order chi connectivity index (χ1) is 24.3. The van der Waals surface area contributed by atoms with E-state index < -0.39 is 104 Å². The van der Waals surface area contributed by atoms with Crippen LogP contribution in [0.15, 0.2) is 29.3 Å². The second-order valence-corrected chi connectivity index (χ2v) is 11.3. The van der Waals surface area contributed by atoms with Crippen molar-refractivity contribution < 1.29 is 61.7 Å². The van der Waals surface area contributed by atoms with Gasteiger partial charge in [-0.1, -0.05) is 24.3 Å². The lowest BCUT2D eigenvalue weighted by atomic mass is 10.0. The topological polar surface area (TPSA) is 331 Å². The number of aliphatic imine (C=N–C) groups is 1. The lowest BCUT2D eigenvalue weighted by Gasteiger charge is -2.39. The number of fused-ring (bicyclic) bond motifs is 14. The Balaban J connectivity index is 0.00000121. The standard InChI is InChI=1S/C27H38N10O8.C2HF3O2/c28-10-14-3-5-15(6-4-14)13-37-19-11-32-24(43)17(9-22(40)41)35-21(39)12-33-23(42)16(2-1-7-31-27(29)30)34-20(38)8-18(26(37)45)36-25(19)44;3-2(4,5)1(6)7/h3-6,16-19H,1-2,7-13,28H2,(H,32,43)(H,33,42)(H,34,38)(H,35,39)(H,36,44)(H,40,41)(H4,29,30,31);(H,6,7)/t16-,17-,18+,19-;/m0./s1. The number of carbonyl (C=O) groups excluding carboxylic acids is 6. The van der Waals surface area contributed by atoms with Gasteiger partial charge in [-0.2, -0.15) is 13.2 Å². The van der Waals surface area contributed by atoms with E-state index in [0.29, 0.717) is 12.1 Å². The summed E-state index contributed by atoms with van der Waals surface area (Å²) in [5.41, 5.74) is 17.8. The van der Waals surface area contributed by atoms with Crippen molar-refractivity contribution in [2.45, 2.75) is 69.1 Å². The van der Waals surface area contributed by atoms with Gasteiger partial charge in [-0.3, -0.25) is 38.6 Å². The second kappa shape index (κ2) is 19.4. The fraction of sp³-hybridized carbons (Fsp3) is 0.483. The minimum absolute atomic E-state index is 0.0397. The molecule has 3 aliphatic heterocycles. The molecule has 0 saturated carbocycles. The SMILES string of the molecule is NCc1ccc(CN2C(=O)[C@H]3CC(=O)N[C@@H](CCCN=C(N)N)C(=O)NCC(=O)N[C@@H](CC(=O)O)C(=O)NC[C@H]2C(=O)N3)cc1.O=C(O)C(F)(F)F. The van der Waals surface area contributed by atoms with Crippen LogP contribution in [0.3, 0.4) is 0 Å². The first-order valence-corrected chi connectivity index (χ1v) is 15.4. The van der Waals surface area contributed by atoms with Crippen LogP contribution in [0.5, 0.6) is 0 Å². The van der Waals surface area contributed by atoms with E-state index in [9.17, 15) is 51.8 Å². The van der Waals surface area contributed by atoms with E-state index in [1.54, 1.807) is 24.3 Å². The summed E-state index contributed by atoms with van der Waals surface area (Å²) in [6.07, 6.45) is -6.10. The van der Waals surface area contributed by atoms with Crippen molar-refractivity contribution in [1.29, 1.82) is 0 Å². The minimum Gasteiger partial charge on any atom is -0.481 e. The first-order valence-electron chi connectivity index (χ1n) is 15.4. The zero-order valence-corrected chi connectivity index (χ0v) is 27.4. The zero-order chi connectivity index (χ0) is 39.2. The molecule has 6 amide bonds. The highest BCUT2D eigenvalue weighted by molar-refractivity contribution is 6.00. The fourth-order valence-corrected chi connectivity index (χ4v) is 4.78. The van der Waals surface area contributed by atoms with Crippen LogP contribution in [0, 0.1) is 0 Å². The number of aliphatic carboxylic acids is 2. The number of benzene rings is 1. The molecule has 3 heterocycles. The Morgan fingerprint density at radius 3 is 2.00 bits per heavy atom. The molecule has 3 saturated heterocycles. The number of guanidine groups is 1. The molecular weight excluding hydrogens is 705 g/mol. The van der Waals surface area contributed by atoms with E-state index in [2.05, 4.69) is 31.6 Å². The van der Waals surface area contributed by atoms with Crippen molar-refractivity contribution in [3.05, 3.63) is 35.4 Å². The van der Waals surface area contributed by atoms with Gasteiger partial charge in [0.25, 0.3) is 0 Å². The minimum atomic E-state index is -5.08. The Morgan fingerprint density at radius 1 is 0.865 bits per heavy atom. The smallest absolute Gasteiger partial charge is 0.481 e. The molecule has 1 aromatic carbocycles. The molecule has 0 unspecified atom stereocenters. The molecule has 20 nitrogen and oxygen atoms in total. The third-order valence-corrected chi connectivity index (χ3v) is 7.34. The third-order valence-electron chi connectivity index (χ3n) is 7.34. The van der Waals surface area contributed by atoms with E-state index >= 15 is 0 Å². The number of carboxylic acid groups (broad SMARTS) is 2. The Labute approximate surface area is 293 Å². The van der Waals surface area contributed by atoms with Crippen molar-refractivity contribution in [3.63, 3.8) is 0 Å². The maximum atomic E-state index is 13.7. The van der Waals surface area contributed by atoms with Gasteiger partial charge < -0.3 is 58.9 Å². The summed E-state index contributed by atoms with van der Waals surface area (Å²) in [4.78, 5) is 104. The number of carbonyl (C=O) groups is 8. The highest BCUT2D eigenvalue weighted by Crippen LogP contribution is 2.18. The van der Waals surface area contributed by atoms with Crippen LogP contribution in [0.4, 0.5) is 13.2 Å². The van der Waals surface area contributed by atoms with Gasteiger partial charge in [0.15, 0.2) is 5.96 Å². The number of hydrogen-bond donors (Lipinski definition) is 10. The van der Waals surface area contributed by atoms with E-state index in [1.165, 1.54) is 4.90 Å². The molecule has 1 aromatic rings. The van der Waals surface area contributed by atoms with Gasteiger partial charge in [0.2, 0.25) is 35.4 Å². The number of carboxylic acids is 2. The quantitative estimate of drug-likeness (QED) is 0.0501. The molecule has 0 spiro atoms. The molecule has 0 aromatic heterocycles. The highest BCUT2D eigenvalue weighted by Gasteiger charge is 2.42. The number of halogens is 3. The Morgan fingerprint density at radius 2 is 1.44 bits per heavy atom. The maximum absolute atomic E-state index is 13.7. The molecule has 3 fully saturated rings. The van der Waals surface area contributed by atoms with Gasteiger partial charge in [0.05, 0.1) is 19.4 Å². The molecule has 4 atom stereocenters. The van der Waals surface area contributed by atoms with Crippen molar-refractivity contribution >= 4 is 53.3 Å². The van der Waals surface area contributed by atoms with Crippen LogP contribution >= 0.6 is 0 Å². The summed E-state index contributed by atoms with van der Waals surface area (Å²) in [5, 5.41) is 28.5. The number of nitrogens with zero attached hydrogens (tertiary/aromatic N) is 2. The molecule has 0 aliphatic carbocycles. The number of hydrogen-bond acceptors (Lipinski definition) is 10. The summed E-state index contributed by atoms with van der Waals surface area (Å²) < 4.78 is 31.7. The predicted molar refractivity (Wildman–Crippen MR) is 171 cm³/mol. The van der Waals surface area contributed by atoms with Crippen LogP contribution in [-0.2, 0) is 51.4 Å². The Kier molecular flexibility index (Phi) is 15.7. The van der Waals surface area contributed by atoms with Gasteiger partial charge in [-0.05, 0) is 24.0 Å². The van der Waals surface area contributed by atoms with Crippen molar-refractivity contribution in [2.24, 2.45) is 22.2 Å². The predicted octanol–water partition coefficient (Wildman–Crippen LogP) is -3.89. The van der Waals surface area contributed by atoms with E-state index in [4.69, 9.17) is 27.1 Å². The van der Waals surface area contributed by atoms with Crippen LogP contribution in [0.1, 0.15) is 36.8 Å². The van der Waals surface area contributed by atoms with E-state index in [1.807, 2.05) is 0 Å². The molecule has 13 N–H and O–H groups in total. The van der Waals surface area contributed by atoms with Gasteiger partial charge in [-0.15, -0.1) is 0 Å². The van der Waals surface area contributed by atoms with Crippen molar-refractivity contribution in [3.8, 4) is 0 Å². The van der Waals surface area contributed by atoms with Crippen LogP contribution < -0.4 is 43.8 Å².